The second kappa shape index (κ2) is 5.82. The number of aliphatic carboxylic acids is 1. The molecule has 0 radical (unpaired) electrons. The predicted molar refractivity (Wildman–Crippen MR) is 78.9 cm³/mol. The molecule has 0 saturated carbocycles. The molecule has 21 heavy (non-hydrogen) atoms. The topological polar surface area (TPSA) is 104 Å². The molecule has 0 aromatic heterocycles. The lowest BCUT2D eigenvalue weighted by Crippen LogP contribution is -2.52. The molecule has 7 nitrogen and oxygen atoms in total. The van der Waals surface area contributed by atoms with Crippen LogP contribution in [0.5, 0.6) is 0 Å². The minimum atomic E-state index is -3.27. The van der Waals surface area contributed by atoms with E-state index in [1.165, 1.54) is 4.90 Å². The average molecular weight is 320 g/mol. The van der Waals surface area contributed by atoms with Gasteiger partial charge in [-0.3, -0.25) is 4.79 Å². The van der Waals surface area contributed by atoms with Crippen molar-refractivity contribution in [2.75, 3.05) is 25.9 Å². The Kier molecular flexibility index (Phi) is 4.92. The first kappa shape index (κ1) is 17.7. The summed E-state index contributed by atoms with van der Waals surface area (Å²) in [4.78, 5) is 24.7. The van der Waals surface area contributed by atoms with Crippen molar-refractivity contribution in [3.05, 3.63) is 0 Å². The summed E-state index contributed by atoms with van der Waals surface area (Å²) in [5.41, 5.74) is -0.789. The second-order valence-electron chi connectivity index (χ2n) is 6.54. The van der Waals surface area contributed by atoms with Crippen LogP contribution in [0.2, 0.25) is 0 Å². The number of piperidine rings is 1. The zero-order chi connectivity index (χ0) is 16.5. The van der Waals surface area contributed by atoms with Gasteiger partial charge in [-0.2, -0.15) is 0 Å². The van der Waals surface area contributed by atoms with Crippen LogP contribution in [0.4, 0.5) is 4.79 Å². The van der Waals surface area contributed by atoms with E-state index in [0.29, 0.717) is 25.9 Å². The molecule has 2 amide bonds. The highest BCUT2D eigenvalue weighted by atomic mass is 32.2. The first-order chi connectivity index (χ1) is 9.39. The van der Waals surface area contributed by atoms with E-state index in [1.54, 1.807) is 20.8 Å². The zero-order valence-electron chi connectivity index (χ0n) is 13.0. The maximum atomic E-state index is 12.0. The molecule has 0 bridgehead atoms. The van der Waals surface area contributed by atoms with Gasteiger partial charge in [0.05, 0.1) is 10.2 Å². The fourth-order valence-corrected chi connectivity index (χ4v) is 2.28. The van der Waals surface area contributed by atoms with Crippen LogP contribution >= 0.6 is 0 Å². The van der Waals surface area contributed by atoms with Gasteiger partial charge in [0.1, 0.15) is 0 Å². The largest absolute Gasteiger partial charge is 0.481 e. The molecule has 1 rings (SSSR count). The molecule has 122 valence electrons. The smallest absolute Gasteiger partial charge is 0.317 e. The summed E-state index contributed by atoms with van der Waals surface area (Å²) < 4.78 is 22.1. The number of rotatable bonds is 4. The number of amides is 2. The van der Waals surface area contributed by atoms with E-state index in [-0.39, 0.29) is 12.6 Å². The number of carbonyl (C=O) groups is 2. The standard InChI is InChI=1S/C13H24N2O5S/c1-12(2,21(4,19)20)9-14-11(18)15-7-5-13(3,6-8-15)10(16)17/h5-9H2,1-4H3,(H,14,18)(H,16,17). The zero-order valence-corrected chi connectivity index (χ0v) is 13.8. The molecular formula is C13H24N2O5S. The first-order valence-electron chi connectivity index (χ1n) is 6.85. The molecule has 0 aromatic rings. The van der Waals surface area contributed by atoms with Gasteiger partial charge in [0.25, 0.3) is 0 Å². The number of sulfone groups is 1. The van der Waals surface area contributed by atoms with Crippen molar-refractivity contribution in [2.45, 2.75) is 38.4 Å². The quantitative estimate of drug-likeness (QED) is 0.794. The molecule has 1 aliphatic heterocycles. The molecule has 1 saturated heterocycles. The van der Waals surface area contributed by atoms with E-state index in [4.69, 9.17) is 5.11 Å². The molecule has 2 N–H and O–H groups in total. The normalized spacial score (nSPS) is 19.1. The van der Waals surface area contributed by atoms with Gasteiger partial charge in [-0.25, -0.2) is 13.2 Å². The van der Waals surface area contributed by atoms with Crippen LogP contribution in [0.1, 0.15) is 33.6 Å². The summed E-state index contributed by atoms with van der Waals surface area (Å²) in [6, 6.07) is -0.348. The van der Waals surface area contributed by atoms with Crippen LogP contribution in [0.15, 0.2) is 0 Å². The molecule has 1 fully saturated rings. The van der Waals surface area contributed by atoms with Crippen LogP contribution < -0.4 is 5.32 Å². The Morgan fingerprint density at radius 1 is 1.29 bits per heavy atom. The van der Waals surface area contributed by atoms with Crippen molar-refractivity contribution in [3.63, 3.8) is 0 Å². The minimum absolute atomic E-state index is 0.0252. The fraction of sp³-hybridized carbons (Fsp3) is 0.846. The highest BCUT2D eigenvalue weighted by Crippen LogP contribution is 2.31. The van der Waals surface area contributed by atoms with Crippen molar-refractivity contribution in [1.82, 2.24) is 10.2 Å². The Hall–Kier alpha value is -1.31. The van der Waals surface area contributed by atoms with Crippen LogP contribution in [-0.4, -0.2) is 61.1 Å². The van der Waals surface area contributed by atoms with Crippen LogP contribution in [0.3, 0.4) is 0 Å². The summed E-state index contributed by atoms with van der Waals surface area (Å²) >= 11 is 0. The lowest BCUT2D eigenvalue weighted by molar-refractivity contribution is -0.150. The molecule has 0 spiro atoms. The summed E-state index contributed by atoms with van der Waals surface area (Å²) in [5.74, 6) is -0.847. The second-order valence-corrected chi connectivity index (χ2v) is 9.19. The van der Waals surface area contributed by atoms with Gasteiger partial charge < -0.3 is 15.3 Å². The number of nitrogens with one attached hydrogen (secondary N) is 1. The number of likely N-dealkylation sites (tertiary alicyclic amines) is 1. The Balaban J connectivity index is 2.55. The van der Waals surface area contributed by atoms with Crippen molar-refractivity contribution < 1.29 is 23.1 Å². The lowest BCUT2D eigenvalue weighted by Gasteiger charge is -2.36. The summed E-state index contributed by atoms with van der Waals surface area (Å²) in [7, 11) is -3.27. The Bertz CT molecular complexity index is 519. The molecule has 1 aliphatic rings. The van der Waals surface area contributed by atoms with Gasteiger partial charge in [0, 0.05) is 25.9 Å². The number of carboxylic acids is 1. The summed E-state index contributed by atoms with van der Waals surface area (Å²) in [6.07, 6.45) is 1.93. The van der Waals surface area contributed by atoms with Gasteiger partial charge in [0.15, 0.2) is 9.84 Å². The number of nitrogens with zero attached hydrogens (tertiary/aromatic N) is 1. The Labute approximate surface area is 125 Å². The highest BCUT2D eigenvalue weighted by Gasteiger charge is 2.38. The van der Waals surface area contributed by atoms with E-state index in [2.05, 4.69) is 5.32 Å². The predicted octanol–water partition coefficient (Wildman–Crippen LogP) is 0.706. The van der Waals surface area contributed by atoms with E-state index in [0.717, 1.165) is 6.26 Å². The number of urea groups is 1. The van der Waals surface area contributed by atoms with E-state index in [9.17, 15) is 18.0 Å². The van der Waals surface area contributed by atoms with Crippen molar-refractivity contribution in [3.8, 4) is 0 Å². The Morgan fingerprint density at radius 2 is 1.76 bits per heavy atom. The number of carboxylic acid groups (broad SMARTS) is 1. The SMILES string of the molecule is CC1(C(=O)O)CCN(C(=O)NCC(C)(C)S(C)(=O)=O)CC1. The monoisotopic (exact) mass is 320 g/mol. The Morgan fingerprint density at radius 3 is 2.14 bits per heavy atom. The van der Waals surface area contributed by atoms with Gasteiger partial charge in [-0.05, 0) is 33.6 Å². The third-order valence-corrected chi connectivity index (χ3v) is 6.49. The van der Waals surface area contributed by atoms with Crippen LogP contribution in [0, 0.1) is 5.41 Å². The third kappa shape index (κ3) is 4.09. The highest BCUT2D eigenvalue weighted by molar-refractivity contribution is 7.92. The summed E-state index contributed by atoms with van der Waals surface area (Å²) in [5, 5.41) is 11.8. The number of hydrogen-bond donors (Lipinski definition) is 2. The van der Waals surface area contributed by atoms with Gasteiger partial charge in [0.2, 0.25) is 0 Å². The minimum Gasteiger partial charge on any atom is -0.481 e. The van der Waals surface area contributed by atoms with Gasteiger partial charge in [-0.1, -0.05) is 0 Å². The van der Waals surface area contributed by atoms with Gasteiger partial charge in [-0.15, -0.1) is 0 Å². The van der Waals surface area contributed by atoms with Crippen LogP contribution in [-0.2, 0) is 14.6 Å². The summed E-state index contributed by atoms with van der Waals surface area (Å²) in [6.45, 7) is 5.53. The van der Waals surface area contributed by atoms with Crippen LogP contribution in [0.25, 0.3) is 0 Å². The average Bonchev–Trinajstić information content (AvgIpc) is 2.35. The van der Waals surface area contributed by atoms with Crippen molar-refractivity contribution >= 4 is 21.8 Å². The van der Waals surface area contributed by atoms with Crippen molar-refractivity contribution in [2.24, 2.45) is 5.41 Å². The number of hydrogen-bond acceptors (Lipinski definition) is 4. The van der Waals surface area contributed by atoms with E-state index in [1.807, 2.05) is 0 Å². The molecule has 0 atom stereocenters. The van der Waals surface area contributed by atoms with Gasteiger partial charge >= 0.3 is 12.0 Å². The van der Waals surface area contributed by atoms with Crippen molar-refractivity contribution in [1.29, 1.82) is 0 Å². The maximum absolute atomic E-state index is 12.0. The molecule has 0 aliphatic carbocycles. The molecule has 8 heteroatoms. The molecule has 0 aromatic carbocycles. The maximum Gasteiger partial charge on any atom is 0.317 e. The molecule has 1 heterocycles. The van der Waals surface area contributed by atoms with E-state index < -0.39 is 26.0 Å². The van der Waals surface area contributed by atoms with E-state index >= 15 is 0 Å². The fourth-order valence-electron chi connectivity index (χ4n) is 1.95. The molecular weight excluding hydrogens is 296 g/mol. The first-order valence-corrected chi connectivity index (χ1v) is 8.74. The lowest BCUT2D eigenvalue weighted by atomic mass is 9.80. The molecule has 0 unspecified atom stereocenters. The number of carbonyl (C=O) groups excluding carboxylic acids is 1. The third-order valence-electron chi connectivity index (χ3n) is 4.34.